The van der Waals surface area contributed by atoms with Gasteiger partial charge < -0.3 is 19.9 Å². The first-order chi connectivity index (χ1) is 14.6. The molecule has 0 fully saturated rings. The number of carbonyl (C=O) groups excluding carboxylic acids is 2. The number of nitrogens with zero attached hydrogens (tertiary/aromatic N) is 1. The Hall–Kier alpha value is -3.55. The second kappa shape index (κ2) is 8.67. The fraction of sp³-hybridized carbons (Fsp3) is 0.348. The minimum Gasteiger partial charge on any atom is -0.480 e. The van der Waals surface area contributed by atoms with Crippen LogP contribution in [0.5, 0.6) is 0 Å². The molecule has 2 aromatic rings. The summed E-state index contributed by atoms with van der Waals surface area (Å²) < 4.78 is 10.1. The third-order valence-electron chi connectivity index (χ3n) is 4.92. The van der Waals surface area contributed by atoms with Gasteiger partial charge in [0, 0.05) is 0 Å². The zero-order valence-electron chi connectivity index (χ0n) is 17.9. The van der Waals surface area contributed by atoms with Crippen molar-refractivity contribution in [2.24, 2.45) is 0 Å². The molecule has 8 nitrogen and oxygen atoms in total. The zero-order valence-corrected chi connectivity index (χ0v) is 17.9. The molecule has 2 N–H and O–H groups in total. The summed E-state index contributed by atoms with van der Waals surface area (Å²) in [6.45, 7) is 4.76. The summed E-state index contributed by atoms with van der Waals surface area (Å²) in [5, 5.41) is 12.4. The van der Waals surface area contributed by atoms with Gasteiger partial charge in [0.1, 0.15) is 5.60 Å². The molecule has 0 heterocycles. The SMILES string of the molecule is COC(=O)N(C1c2ccccc2-c2ccccc21)[C@@H](CNC(=O)OC(C)(C)C)C(=O)O. The maximum atomic E-state index is 12.8. The summed E-state index contributed by atoms with van der Waals surface area (Å²) in [6.07, 6.45) is -1.58. The van der Waals surface area contributed by atoms with E-state index < -0.39 is 35.8 Å². The maximum Gasteiger partial charge on any atom is 0.411 e. The molecular formula is C23H26N2O6. The third-order valence-corrected chi connectivity index (χ3v) is 4.92. The summed E-state index contributed by atoms with van der Waals surface area (Å²) >= 11 is 0. The van der Waals surface area contributed by atoms with Crippen molar-refractivity contribution in [2.45, 2.75) is 38.5 Å². The van der Waals surface area contributed by atoms with Crippen LogP contribution in [-0.4, -0.2) is 53.5 Å². The van der Waals surface area contributed by atoms with E-state index in [1.807, 2.05) is 48.5 Å². The van der Waals surface area contributed by atoms with Crippen LogP contribution >= 0.6 is 0 Å². The lowest BCUT2D eigenvalue weighted by molar-refractivity contribution is -0.143. The van der Waals surface area contributed by atoms with Gasteiger partial charge in [-0.2, -0.15) is 0 Å². The number of nitrogens with one attached hydrogen (secondary N) is 1. The van der Waals surface area contributed by atoms with Crippen LogP contribution in [0.15, 0.2) is 48.5 Å². The number of hydrogen-bond donors (Lipinski definition) is 2. The van der Waals surface area contributed by atoms with E-state index in [0.29, 0.717) is 0 Å². The van der Waals surface area contributed by atoms with Crippen LogP contribution in [0.1, 0.15) is 37.9 Å². The standard InChI is InChI=1S/C23H26N2O6/c1-23(2,3)31-21(28)24-13-18(20(26)27)25(22(29)30-4)19-16-11-7-5-9-14(16)15-10-6-8-12-17(15)19/h5-12,18-19H,13H2,1-4H3,(H,24,28)(H,26,27)/t18-/m0/s1. The van der Waals surface area contributed by atoms with E-state index in [9.17, 15) is 19.5 Å². The van der Waals surface area contributed by atoms with Crippen molar-refractivity contribution in [3.8, 4) is 11.1 Å². The summed E-state index contributed by atoms with van der Waals surface area (Å²) in [5.41, 5.74) is 2.67. The highest BCUT2D eigenvalue weighted by atomic mass is 16.6. The van der Waals surface area contributed by atoms with E-state index in [-0.39, 0.29) is 6.54 Å². The Labute approximate surface area is 180 Å². The Kier molecular flexibility index (Phi) is 6.19. The molecule has 8 heteroatoms. The molecule has 1 aliphatic rings. The number of carboxylic acid groups (broad SMARTS) is 1. The third kappa shape index (κ3) is 4.63. The lowest BCUT2D eigenvalue weighted by Gasteiger charge is -2.34. The van der Waals surface area contributed by atoms with Crippen LogP contribution in [-0.2, 0) is 14.3 Å². The predicted molar refractivity (Wildman–Crippen MR) is 114 cm³/mol. The predicted octanol–water partition coefficient (Wildman–Crippen LogP) is 3.80. The maximum absolute atomic E-state index is 12.8. The van der Waals surface area contributed by atoms with Crippen LogP contribution in [0.2, 0.25) is 0 Å². The van der Waals surface area contributed by atoms with Gasteiger partial charge in [0.2, 0.25) is 0 Å². The van der Waals surface area contributed by atoms with Gasteiger partial charge >= 0.3 is 18.2 Å². The average Bonchev–Trinajstić information content (AvgIpc) is 3.03. The van der Waals surface area contributed by atoms with Crippen molar-refractivity contribution in [3.05, 3.63) is 59.7 Å². The molecule has 0 aromatic heterocycles. The largest absolute Gasteiger partial charge is 0.480 e. The Morgan fingerprint density at radius 3 is 2.00 bits per heavy atom. The van der Waals surface area contributed by atoms with Crippen molar-refractivity contribution in [1.29, 1.82) is 0 Å². The van der Waals surface area contributed by atoms with Gasteiger partial charge in [0.25, 0.3) is 0 Å². The number of carboxylic acids is 1. The quantitative estimate of drug-likeness (QED) is 0.753. The lowest BCUT2D eigenvalue weighted by Crippen LogP contribution is -2.53. The number of rotatable bonds is 5. The number of hydrogen-bond acceptors (Lipinski definition) is 5. The van der Waals surface area contributed by atoms with Crippen molar-refractivity contribution in [3.63, 3.8) is 0 Å². The highest BCUT2D eigenvalue weighted by Crippen LogP contribution is 2.46. The molecule has 2 amide bonds. The Morgan fingerprint density at radius 2 is 1.55 bits per heavy atom. The molecule has 0 saturated heterocycles. The van der Waals surface area contributed by atoms with Gasteiger partial charge in [-0.25, -0.2) is 14.4 Å². The van der Waals surface area contributed by atoms with E-state index in [0.717, 1.165) is 27.2 Å². The van der Waals surface area contributed by atoms with Gasteiger partial charge in [-0.05, 0) is 43.0 Å². The number of alkyl carbamates (subject to hydrolysis) is 1. The van der Waals surface area contributed by atoms with Gasteiger partial charge in [0.15, 0.2) is 6.04 Å². The number of aliphatic carboxylic acids is 1. The minimum atomic E-state index is -1.39. The second-order valence-electron chi connectivity index (χ2n) is 8.19. The van der Waals surface area contributed by atoms with E-state index in [1.165, 1.54) is 7.11 Å². The Balaban J connectivity index is 2.00. The molecule has 0 bridgehead atoms. The number of methoxy groups -OCH3 is 1. The molecule has 0 saturated carbocycles. The first-order valence-corrected chi connectivity index (χ1v) is 9.88. The van der Waals surface area contributed by atoms with E-state index >= 15 is 0 Å². The molecule has 2 aromatic carbocycles. The molecule has 0 aliphatic heterocycles. The van der Waals surface area contributed by atoms with Crippen LogP contribution in [0.3, 0.4) is 0 Å². The van der Waals surface area contributed by atoms with Gasteiger partial charge in [-0.3, -0.25) is 4.90 Å². The number of fused-ring (bicyclic) bond motifs is 3. The molecule has 31 heavy (non-hydrogen) atoms. The van der Waals surface area contributed by atoms with Gasteiger partial charge in [0.05, 0.1) is 19.7 Å². The van der Waals surface area contributed by atoms with E-state index in [1.54, 1.807) is 20.8 Å². The molecule has 3 rings (SSSR count). The fourth-order valence-electron chi connectivity index (χ4n) is 3.75. The smallest absolute Gasteiger partial charge is 0.411 e. The number of benzene rings is 2. The molecule has 1 aliphatic carbocycles. The monoisotopic (exact) mass is 426 g/mol. The summed E-state index contributed by atoms with van der Waals surface area (Å²) in [5.74, 6) is -1.27. The van der Waals surface area contributed by atoms with Gasteiger partial charge in [-0.1, -0.05) is 48.5 Å². The van der Waals surface area contributed by atoms with Crippen LogP contribution in [0, 0.1) is 0 Å². The first-order valence-electron chi connectivity index (χ1n) is 9.88. The highest BCUT2D eigenvalue weighted by Gasteiger charge is 2.42. The zero-order chi connectivity index (χ0) is 22.8. The topological polar surface area (TPSA) is 105 Å². The molecule has 0 spiro atoms. The normalized spacial score (nSPS) is 13.5. The van der Waals surface area contributed by atoms with E-state index in [2.05, 4.69) is 5.32 Å². The first kappa shape index (κ1) is 22.1. The molecule has 164 valence electrons. The summed E-state index contributed by atoms with van der Waals surface area (Å²) in [4.78, 5) is 38.3. The summed E-state index contributed by atoms with van der Waals surface area (Å²) in [6, 6.07) is 13.0. The van der Waals surface area contributed by atoms with Crippen LogP contribution < -0.4 is 5.32 Å². The average molecular weight is 426 g/mol. The van der Waals surface area contributed by atoms with Crippen LogP contribution in [0.25, 0.3) is 11.1 Å². The van der Waals surface area contributed by atoms with E-state index in [4.69, 9.17) is 9.47 Å². The molecule has 0 unspecified atom stereocenters. The minimum absolute atomic E-state index is 0.347. The fourth-order valence-corrected chi connectivity index (χ4v) is 3.75. The van der Waals surface area contributed by atoms with Crippen molar-refractivity contribution in [2.75, 3.05) is 13.7 Å². The number of amides is 2. The number of carbonyl (C=O) groups is 3. The Morgan fingerprint density at radius 1 is 1.03 bits per heavy atom. The van der Waals surface area contributed by atoms with Crippen LogP contribution in [0.4, 0.5) is 9.59 Å². The molecule has 0 radical (unpaired) electrons. The highest BCUT2D eigenvalue weighted by molar-refractivity contribution is 5.85. The second-order valence-corrected chi connectivity index (χ2v) is 8.19. The Bertz CT molecular complexity index is 952. The molecular weight excluding hydrogens is 400 g/mol. The van der Waals surface area contributed by atoms with Crippen molar-refractivity contribution < 1.29 is 29.0 Å². The molecule has 1 atom stereocenters. The van der Waals surface area contributed by atoms with Gasteiger partial charge in [-0.15, -0.1) is 0 Å². The van der Waals surface area contributed by atoms with Crippen molar-refractivity contribution in [1.82, 2.24) is 10.2 Å². The lowest BCUT2D eigenvalue weighted by atomic mass is 10.0. The number of ether oxygens (including phenoxy) is 2. The van der Waals surface area contributed by atoms with Crippen molar-refractivity contribution >= 4 is 18.2 Å². The summed E-state index contributed by atoms with van der Waals surface area (Å²) in [7, 11) is 1.20.